The van der Waals surface area contributed by atoms with Gasteiger partial charge in [-0.15, -0.1) is 0 Å². The minimum atomic E-state index is -0.0128. The lowest BCUT2D eigenvalue weighted by molar-refractivity contribution is -0.130. The third kappa shape index (κ3) is 4.80. The van der Waals surface area contributed by atoms with E-state index in [1.54, 1.807) is 0 Å². The summed E-state index contributed by atoms with van der Waals surface area (Å²) in [5.41, 5.74) is 1.34. The molecule has 0 bridgehead atoms. The summed E-state index contributed by atoms with van der Waals surface area (Å²) < 4.78 is 5.44. The number of hydrogen-bond acceptors (Lipinski definition) is 4. The van der Waals surface area contributed by atoms with E-state index in [1.165, 1.54) is 5.57 Å². The monoisotopic (exact) mass is 309 g/mol. The van der Waals surface area contributed by atoms with Gasteiger partial charge in [-0.25, -0.2) is 0 Å². The van der Waals surface area contributed by atoms with Crippen molar-refractivity contribution in [3.63, 3.8) is 0 Å². The van der Waals surface area contributed by atoms with E-state index < -0.39 is 0 Å². The third-order valence-electron chi connectivity index (χ3n) is 4.85. The molecule has 0 spiro atoms. The van der Waals surface area contributed by atoms with Crippen LogP contribution in [0.1, 0.15) is 33.1 Å². The molecular formula is C17H31N3O2. The van der Waals surface area contributed by atoms with Gasteiger partial charge in [0, 0.05) is 26.2 Å². The van der Waals surface area contributed by atoms with E-state index in [0.717, 1.165) is 58.7 Å². The highest BCUT2D eigenvalue weighted by atomic mass is 16.5. The Kier molecular flexibility index (Phi) is 7.36. The number of carbonyl (C=O) groups is 1. The average Bonchev–Trinajstić information content (AvgIpc) is 2.59. The molecule has 5 heteroatoms. The first kappa shape index (κ1) is 17.4. The number of carbonyl (C=O) groups excluding carboxylic acids is 1. The summed E-state index contributed by atoms with van der Waals surface area (Å²) in [6.07, 6.45) is 5.31. The highest BCUT2D eigenvalue weighted by molar-refractivity contribution is 5.82. The lowest BCUT2D eigenvalue weighted by atomic mass is 9.91. The van der Waals surface area contributed by atoms with Gasteiger partial charge in [-0.1, -0.05) is 38.3 Å². The Balaban J connectivity index is 1.96. The normalized spacial score (nSPS) is 21.5. The summed E-state index contributed by atoms with van der Waals surface area (Å²) in [5.74, 6) is 0.607. The number of morpholine rings is 1. The summed E-state index contributed by atoms with van der Waals surface area (Å²) >= 11 is 0. The molecule has 0 aromatic rings. The van der Waals surface area contributed by atoms with Crippen LogP contribution >= 0.6 is 0 Å². The highest BCUT2D eigenvalue weighted by Crippen LogP contribution is 2.20. The molecule has 126 valence electrons. The van der Waals surface area contributed by atoms with Gasteiger partial charge in [0.1, 0.15) is 0 Å². The first-order valence-electron chi connectivity index (χ1n) is 8.74. The molecule has 1 atom stereocenters. The van der Waals surface area contributed by atoms with Crippen molar-refractivity contribution in [1.29, 1.82) is 0 Å². The minimum absolute atomic E-state index is 0.0128. The Morgan fingerprint density at radius 1 is 1.36 bits per heavy atom. The fraction of sp³-hybridized carbons (Fsp3) is 0.824. The van der Waals surface area contributed by atoms with Crippen molar-refractivity contribution >= 4 is 5.91 Å². The number of amides is 1. The average molecular weight is 309 g/mol. The second kappa shape index (κ2) is 9.28. The van der Waals surface area contributed by atoms with E-state index in [-0.39, 0.29) is 11.9 Å². The Hall–Kier alpha value is -0.910. The molecule has 1 unspecified atom stereocenters. The zero-order valence-electron chi connectivity index (χ0n) is 14.1. The van der Waals surface area contributed by atoms with Crippen LogP contribution in [0.25, 0.3) is 0 Å². The minimum Gasteiger partial charge on any atom is -0.379 e. The van der Waals surface area contributed by atoms with Crippen molar-refractivity contribution in [3.8, 4) is 0 Å². The molecule has 1 amide bonds. The summed E-state index contributed by atoms with van der Waals surface area (Å²) in [4.78, 5) is 15.1. The quantitative estimate of drug-likeness (QED) is 0.693. The van der Waals surface area contributed by atoms with Crippen molar-refractivity contribution in [3.05, 3.63) is 11.6 Å². The summed E-state index contributed by atoms with van der Waals surface area (Å²) in [6, 6.07) is -0.0128. The first-order chi connectivity index (χ1) is 10.8. The second-order valence-corrected chi connectivity index (χ2v) is 6.20. The van der Waals surface area contributed by atoms with Gasteiger partial charge >= 0.3 is 0 Å². The number of ether oxygens (including phenoxy) is 1. The van der Waals surface area contributed by atoms with Gasteiger partial charge in [0.15, 0.2) is 0 Å². The predicted octanol–water partition coefficient (Wildman–Crippen LogP) is 1.16. The second-order valence-electron chi connectivity index (χ2n) is 6.20. The lowest BCUT2D eigenvalue weighted by Gasteiger charge is -2.37. The molecule has 0 saturated carbocycles. The molecular weight excluding hydrogens is 278 g/mol. The maximum atomic E-state index is 12.8. The Bertz CT molecular complexity index is 374. The fourth-order valence-corrected chi connectivity index (χ4v) is 3.40. The van der Waals surface area contributed by atoms with E-state index >= 15 is 0 Å². The predicted molar refractivity (Wildman–Crippen MR) is 88.8 cm³/mol. The van der Waals surface area contributed by atoms with Crippen LogP contribution in [0.4, 0.5) is 0 Å². The topological polar surface area (TPSA) is 53.6 Å². The molecule has 22 heavy (non-hydrogen) atoms. The number of rotatable bonds is 7. The van der Waals surface area contributed by atoms with E-state index in [1.807, 2.05) is 0 Å². The molecule has 2 aliphatic rings. The van der Waals surface area contributed by atoms with Crippen LogP contribution in [-0.2, 0) is 9.53 Å². The van der Waals surface area contributed by atoms with Gasteiger partial charge in [-0.2, -0.15) is 0 Å². The van der Waals surface area contributed by atoms with Crippen LogP contribution in [0.15, 0.2) is 11.6 Å². The molecule has 2 N–H and O–H groups in total. The van der Waals surface area contributed by atoms with Crippen LogP contribution in [0.5, 0.6) is 0 Å². The van der Waals surface area contributed by atoms with Gasteiger partial charge in [0.2, 0.25) is 5.91 Å². The molecule has 0 aromatic heterocycles. The zero-order chi connectivity index (χ0) is 15.8. The summed E-state index contributed by atoms with van der Waals surface area (Å²) in [5, 5.41) is 6.48. The Morgan fingerprint density at radius 3 is 2.68 bits per heavy atom. The SMILES string of the molecule is CCC(CC)C(C(=O)NCC1=CCNCC1)N1CCOCC1. The van der Waals surface area contributed by atoms with E-state index in [4.69, 9.17) is 4.74 Å². The molecule has 2 rings (SSSR count). The summed E-state index contributed by atoms with van der Waals surface area (Å²) in [7, 11) is 0. The molecule has 2 heterocycles. The largest absolute Gasteiger partial charge is 0.379 e. The van der Waals surface area contributed by atoms with E-state index in [0.29, 0.717) is 12.5 Å². The van der Waals surface area contributed by atoms with Crippen molar-refractivity contribution in [1.82, 2.24) is 15.5 Å². The van der Waals surface area contributed by atoms with Crippen molar-refractivity contribution in [2.45, 2.75) is 39.2 Å². The van der Waals surface area contributed by atoms with Crippen LogP contribution in [0.3, 0.4) is 0 Å². The fourth-order valence-electron chi connectivity index (χ4n) is 3.40. The van der Waals surface area contributed by atoms with Crippen LogP contribution in [-0.4, -0.2) is 62.8 Å². The van der Waals surface area contributed by atoms with Crippen LogP contribution in [0, 0.1) is 5.92 Å². The van der Waals surface area contributed by atoms with Crippen LogP contribution < -0.4 is 10.6 Å². The van der Waals surface area contributed by atoms with Gasteiger partial charge in [0.25, 0.3) is 0 Å². The molecule has 1 fully saturated rings. The van der Waals surface area contributed by atoms with Crippen LogP contribution in [0.2, 0.25) is 0 Å². The molecule has 2 aliphatic heterocycles. The number of nitrogens with zero attached hydrogens (tertiary/aromatic N) is 1. The number of nitrogens with one attached hydrogen (secondary N) is 2. The van der Waals surface area contributed by atoms with E-state index in [9.17, 15) is 4.79 Å². The Labute approximate surface area is 134 Å². The van der Waals surface area contributed by atoms with Gasteiger partial charge in [0.05, 0.1) is 19.3 Å². The van der Waals surface area contributed by atoms with Crippen molar-refractivity contribution < 1.29 is 9.53 Å². The van der Waals surface area contributed by atoms with Crippen molar-refractivity contribution in [2.24, 2.45) is 5.92 Å². The van der Waals surface area contributed by atoms with Gasteiger partial charge in [-0.05, 0) is 18.9 Å². The molecule has 0 aromatic carbocycles. The standard InChI is InChI=1S/C17H31N3O2/c1-3-15(4-2)16(20-9-11-22-12-10-20)17(21)19-13-14-5-7-18-8-6-14/h5,15-16,18H,3-4,6-13H2,1-2H3,(H,19,21). The van der Waals surface area contributed by atoms with E-state index in [2.05, 4.69) is 35.5 Å². The van der Waals surface area contributed by atoms with Gasteiger partial charge < -0.3 is 15.4 Å². The lowest BCUT2D eigenvalue weighted by Crippen LogP contribution is -2.54. The first-order valence-corrected chi connectivity index (χ1v) is 8.74. The maximum Gasteiger partial charge on any atom is 0.237 e. The Morgan fingerprint density at radius 2 is 2.09 bits per heavy atom. The molecule has 0 aliphatic carbocycles. The van der Waals surface area contributed by atoms with Gasteiger partial charge in [-0.3, -0.25) is 9.69 Å². The highest BCUT2D eigenvalue weighted by Gasteiger charge is 2.32. The molecule has 1 saturated heterocycles. The molecule has 0 radical (unpaired) electrons. The summed E-state index contributed by atoms with van der Waals surface area (Å²) in [6.45, 7) is 10.2. The smallest absolute Gasteiger partial charge is 0.237 e. The third-order valence-corrected chi connectivity index (χ3v) is 4.85. The zero-order valence-corrected chi connectivity index (χ0v) is 14.1. The number of hydrogen-bond donors (Lipinski definition) is 2. The molecule has 5 nitrogen and oxygen atoms in total. The maximum absolute atomic E-state index is 12.8. The van der Waals surface area contributed by atoms with Crippen molar-refractivity contribution in [2.75, 3.05) is 45.9 Å².